The van der Waals surface area contributed by atoms with E-state index in [-0.39, 0.29) is 54.0 Å². The number of aliphatic hydroxyl groups excluding tert-OH is 2. The molecular weight excluding hydrogens is 810 g/mol. The molecule has 0 aromatic carbocycles. The number of fused-ring (bicyclic) bond motifs is 4. The second-order valence-electron chi connectivity index (χ2n) is 18.3. The molecule has 14 atom stereocenters. The number of carbonyl (C=O) groups is 4. The molecule has 0 amide bonds. The Morgan fingerprint density at radius 2 is 0.887 bits per heavy atom. The van der Waals surface area contributed by atoms with Crippen LogP contribution in [0.4, 0.5) is 0 Å². The number of carbonyl (C=O) groups excluding carboxylic acids is 4. The summed E-state index contributed by atoms with van der Waals surface area (Å²) in [5, 5.41) is 21.7. The standard InChI is InChI=1S/C46H68BO14.Na/c1-29-23-25-39-33(5)37(50)27-35(48)21-17-13-10-8-12-16-20-32(4)55-44(53)42-46-30(2)24-26-40(57-46)34(6)38(51)28-36(49)22-18-14-9-7-11-15-19-31(3)54-43(52)41-45(29,56-39)60-47(58-41,59-42)61-46;/h7-14,29-36,39-42,48-49H,15-28H2,1-6H3;/q-1;+1/b11-7-,12-8-,13-10+,14-9+;/t29-,30-,31+,32+,33-,34-,35+,36+,39+,40+,41+,42+,45+,46+,47?;/m1./s1. The third-order valence-corrected chi connectivity index (χ3v) is 13.5. The molecule has 62 heavy (non-hydrogen) atoms. The number of allylic oxidation sites excluding steroid dienone is 8. The zero-order valence-corrected chi connectivity index (χ0v) is 39.8. The zero-order valence-electron chi connectivity index (χ0n) is 37.8. The maximum absolute atomic E-state index is 14.5. The molecule has 7 bridgehead atoms. The monoisotopic (exact) mass is 878 g/mol. The SMILES string of the molecule is C[C@@H]1C(=O)C[C@@H](O)CC/C=C/C=C\CC[C@H](C)OC(=O)[C@@H]2O[B-]34O[C@@H](C(=O)O[C@@H](C)CC/C=C\C=C\CC[C@H](O)CC(=O)[C@@H](C)[C@@H]5CC[C@@H](C)[C@]2(O5)O3)[C@@]2(O[C@H]1CC[C@H]2C)O4.[Na+]. The van der Waals surface area contributed by atoms with Gasteiger partial charge in [0.2, 0.25) is 0 Å². The Bertz CT molecular complexity index is 1570. The van der Waals surface area contributed by atoms with Crippen molar-refractivity contribution in [2.75, 3.05) is 0 Å². The molecule has 6 aliphatic rings. The van der Waals surface area contributed by atoms with Crippen molar-refractivity contribution in [2.45, 2.75) is 192 Å². The maximum Gasteiger partial charge on any atom is 1.00 e. The summed E-state index contributed by atoms with van der Waals surface area (Å²) in [6.07, 6.45) is 13.6. The minimum Gasteiger partial charge on any atom is -0.504 e. The number of cyclic esters (lactones) is 2. The number of hydrogen-bond donors (Lipinski definition) is 2. The van der Waals surface area contributed by atoms with Crippen molar-refractivity contribution >= 4 is 30.5 Å². The van der Waals surface area contributed by atoms with Crippen LogP contribution in [0.3, 0.4) is 0 Å². The summed E-state index contributed by atoms with van der Waals surface area (Å²) in [7, 11) is 0. The van der Waals surface area contributed by atoms with Crippen molar-refractivity contribution < 1.29 is 96.5 Å². The van der Waals surface area contributed by atoms with Gasteiger partial charge in [0.25, 0.3) is 0 Å². The van der Waals surface area contributed by atoms with Gasteiger partial charge in [-0.3, -0.25) is 9.59 Å². The van der Waals surface area contributed by atoms with Crippen molar-refractivity contribution in [2.24, 2.45) is 23.7 Å². The van der Waals surface area contributed by atoms with Crippen LogP contribution in [0, 0.1) is 23.7 Å². The Morgan fingerprint density at radius 3 is 1.26 bits per heavy atom. The van der Waals surface area contributed by atoms with Crippen LogP contribution in [0.25, 0.3) is 0 Å². The van der Waals surface area contributed by atoms with Gasteiger partial charge in [0.15, 0.2) is 23.8 Å². The van der Waals surface area contributed by atoms with Gasteiger partial charge in [-0.05, 0) is 90.9 Å². The van der Waals surface area contributed by atoms with Gasteiger partial charge >= 0.3 is 48.5 Å². The predicted molar refractivity (Wildman–Crippen MR) is 224 cm³/mol. The Labute approximate surface area is 389 Å². The van der Waals surface area contributed by atoms with Crippen LogP contribution in [0.1, 0.15) is 131 Å². The van der Waals surface area contributed by atoms with Crippen LogP contribution in [-0.4, -0.2) is 101 Å². The van der Waals surface area contributed by atoms with E-state index in [9.17, 15) is 29.4 Å². The largest absolute Gasteiger partial charge is 1.00 e. The van der Waals surface area contributed by atoms with Gasteiger partial charge in [-0.2, -0.15) is 0 Å². The van der Waals surface area contributed by atoms with Crippen molar-refractivity contribution in [1.82, 2.24) is 0 Å². The topological polar surface area (TPSA) is 183 Å². The van der Waals surface area contributed by atoms with E-state index in [0.29, 0.717) is 77.0 Å². The number of esters is 2. The number of hydrogen-bond acceptors (Lipinski definition) is 14. The van der Waals surface area contributed by atoms with Gasteiger partial charge in [-0.15, -0.1) is 0 Å². The number of ether oxygens (including phenoxy) is 4. The smallest absolute Gasteiger partial charge is 0.504 e. The van der Waals surface area contributed by atoms with E-state index < -0.39 is 103 Å². The first kappa shape index (κ1) is 51.0. The van der Waals surface area contributed by atoms with E-state index in [1.165, 1.54) is 0 Å². The number of rotatable bonds is 0. The van der Waals surface area contributed by atoms with Crippen molar-refractivity contribution in [3.05, 3.63) is 48.6 Å². The van der Waals surface area contributed by atoms with Gasteiger partial charge < -0.3 is 47.8 Å². The van der Waals surface area contributed by atoms with E-state index in [4.69, 9.17) is 37.6 Å². The van der Waals surface area contributed by atoms with E-state index in [1.54, 1.807) is 27.7 Å². The molecule has 6 heterocycles. The second kappa shape index (κ2) is 22.5. The molecule has 3 spiro atoms. The summed E-state index contributed by atoms with van der Waals surface area (Å²) in [6.45, 7) is 7.23. The third-order valence-electron chi connectivity index (χ3n) is 13.5. The molecule has 6 aliphatic heterocycles. The Balaban J connectivity index is 0.00000726. The first-order chi connectivity index (χ1) is 29.1. The molecule has 340 valence electrons. The summed E-state index contributed by atoms with van der Waals surface area (Å²) < 4.78 is 52.5. The zero-order chi connectivity index (χ0) is 44.0. The van der Waals surface area contributed by atoms with Crippen molar-refractivity contribution in [1.29, 1.82) is 0 Å². The maximum atomic E-state index is 14.5. The van der Waals surface area contributed by atoms with E-state index in [1.807, 2.05) is 62.5 Å². The molecule has 0 unspecified atom stereocenters. The molecule has 0 aliphatic carbocycles. The summed E-state index contributed by atoms with van der Waals surface area (Å²) >= 11 is 0. The molecule has 2 N–H and O–H groups in total. The minimum absolute atomic E-state index is 0. The normalized spacial score (nSPS) is 45.4. The molecule has 0 aromatic rings. The first-order valence-corrected chi connectivity index (χ1v) is 22.8. The van der Waals surface area contributed by atoms with Gasteiger partial charge in [-0.25, -0.2) is 9.59 Å². The van der Waals surface area contributed by atoms with Crippen molar-refractivity contribution in [3.8, 4) is 0 Å². The fourth-order valence-electron chi connectivity index (χ4n) is 9.42. The van der Waals surface area contributed by atoms with Gasteiger partial charge in [-0.1, -0.05) is 76.3 Å². The fraction of sp³-hybridized carbons (Fsp3) is 0.739. The first-order valence-electron chi connectivity index (χ1n) is 22.8. The molecule has 14 nitrogen and oxygen atoms in total. The van der Waals surface area contributed by atoms with Crippen LogP contribution in [-0.2, 0) is 56.7 Å². The van der Waals surface area contributed by atoms with E-state index >= 15 is 0 Å². The van der Waals surface area contributed by atoms with Gasteiger partial charge in [0, 0.05) is 36.5 Å². The number of ketones is 2. The molecular formula is C46H68BNaO14. The average Bonchev–Trinajstić information content (AvgIpc) is 3.70. The molecule has 4 fully saturated rings. The molecule has 0 saturated carbocycles. The Hall–Kier alpha value is -2.02. The summed E-state index contributed by atoms with van der Waals surface area (Å²) in [5.74, 6) is -8.24. The number of Topliss-reactive ketones (excluding diaryl/α,β-unsaturated/α-hetero) is 2. The second-order valence-corrected chi connectivity index (χ2v) is 18.3. The van der Waals surface area contributed by atoms with Gasteiger partial charge in [0.05, 0.1) is 36.6 Å². The van der Waals surface area contributed by atoms with Crippen LogP contribution in [0.15, 0.2) is 48.6 Å². The molecule has 6 rings (SSSR count). The van der Waals surface area contributed by atoms with Crippen molar-refractivity contribution in [3.63, 3.8) is 0 Å². The quantitative estimate of drug-likeness (QED) is 0.267. The third kappa shape index (κ3) is 11.9. The summed E-state index contributed by atoms with van der Waals surface area (Å²) in [5.41, 5.74) is 0. The summed E-state index contributed by atoms with van der Waals surface area (Å²) in [4.78, 5) is 56.4. The van der Waals surface area contributed by atoms with Crippen LogP contribution < -0.4 is 29.6 Å². The van der Waals surface area contributed by atoms with E-state index in [0.717, 1.165) is 0 Å². The average molecular weight is 879 g/mol. The van der Waals surface area contributed by atoms with E-state index in [2.05, 4.69) is 0 Å². The molecule has 0 radical (unpaired) electrons. The molecule has 16 heteroatoms. The molecule has 4 saturated heterocycles. The Kier molecular flexibility index (Phi) is 18.5. The fourth-order valence-corrected chi connectivity index (χ4v) is 9.42. The minimum atomic E-state index is -3.51. The predicted octanol–water partition coefficient (Wildman–Crippen LogP) is 3.43. The van der Waals surface area contributed by atoms with Crippen LogP contribution >= 0.6 is 0 Å². The van der Waals surface area contributed by atoms with Gasteiger partial charge in [0.1, 0.15) is 11.6 Å². The molecule has 0 aromatic heterocycles. The van der Waals surface area contributed by atoms with Crippen LogP contribution in [0.5, 0.6) is 0 Å². The Morgan fingerprint density at radius 1 is 0.532 bits per heavy atom. The summed E-state index contributed by atoms with van der Waals surface area (Å²) in [6, 6.07) is 0. The van der Waals surface area contributed by atoms with Crippen LogP contribution in [0.2, 0.25) is 0 Å². The number of aliphatic hydroxyl groups is 2.